The molecule has 0 unspecified atom stereocenters. The Kier molecular flexibility index (Phi) is 4.90. The zero-order valence-electron chi connectivity index (χ0n) is 11.7. The number of carboxylic acid groups (broad SMARTS) is 1. The number of halogens is 1. The summed E-state index contributed by atoms with van der Waals surface area (Å²) in [4.78, 5) is 21.1. The van der Waals surface area contributed by atoms with Gasteiger partial charge in [0.2, 0.25) is 5.95 Å². The van der Waals surface area contributed by atoms with Gasteiger partial charge in [-0.05, 0) is 23.8 Å². The molecule has 8 heteroatoms. The number of aliphatic imine (C=N–C) groups is 1. The van der Waals surface area contributed by atoms with Crippen LogP contribution in [0.5, 0.6) is 0 Å². The minimum absolute atomic E-state index is 0.237. The fraction of sp³-hybridized carbons (Fsp3) is 0.143. The Morgan fingerprint density at radius 1 is 1.41 bits per heavy atom. The van der Waals surface area contributed by atoms with Gasteiger partial charge in [0.05, 0.1) is 6.54 Å². The lowest BCUT2D eigenvalue weighted by molar-refractivity contribution is -0.134. The molecule has 114 valence electrons. The first kappa shape index (κ1) is 15.7. The smallest absolute Gasteiger partial charge is 0.300 e. The largest absolute Gasteiger partial charge is 0.481 e. The molecule has 0 amide bonds. The van der Waals surface area contributed by atoms with Crippen LogP contribution in [0, 0.1) is 0 Å². The number of benzene rings is 1. The third-order valence-electron chi connectivity index (χ3n) is 2.67. The van der Waals surface area contributed by atoms with E-state index in [-0.39, 0.29) is 5.95 Å². The Morgan fingerprint density at radius 2 is 2.14 bits per heavy atom. The molecule has 1 aromatic heterocycles. The summed E-state index contributed by atoms with van der Waals surface area (Å²) in [5, 5.41) is 11.1. The average molecular weight is 320 g/mol. The molecule has 4 N–H and O–H groups in total. The lowest BCUT2D eigenvalue weighted by Crippen LogP contribution is -2.00. The SMILES string of the molecule is CC(=O)O.Nc1nccc(Nc2ccc3c(c2)C(Cl)=NC3)n1. The van der Waals surface area contributed by atoms with Crippen LogP contribution in [-0.4, -0.2) is 26.2 Å². The number of hydrogen-bond acceptors (Lipinski definition) is 6. The van der Waals surface area contributed by atoms with Crippen molar-refractivity contribution in [2.45, 2.75) is 13.5 Å². The van der Waals surface area contributed by atoms with Crippen molar-refractivity contribution in [2.75, 3.05) is 11.1 Å². The van der Waals surface area contributed by atoms with Crippen molar-refractivity contribution in [3.8, 4) is 0 Å². The molecule has 22 heavy (non-hydrogen) atoms. The van der Waals surface area contributed by atoms with Gasteiger partial charge in [0, 0.05) is 24.4 Å². The first-order valence-corrected chi connectivity index (χ1v) is 6.72. The molecule has 2 heterocycles. The van der Waals surface area contributed by atoms with Crippen LogP contribution in [0.4, 0.5) is 17.5 Å². The molecule has 2 aromatic rings. The van der Waals surface area contributed by atoms with Crippen LogP contribution in [0.2, 0.25) is 0 Å². The van der Waals surface area contributed by atoms with Crippen LogP contribution in [-0.2, 0) is 11.3 Å². The zero-order valence-corrected chi connectivity index (χ0v) is 12.5. The van der Waals surface area contributed by atoms with Gasteiger partial charge in [0.1, 0.15) is 11.0 Å². The van der Waals surface area contributed by atoms with E-state index < -0.39 is 5.97 Å². The normalized spacial score (nSPS) is 11.8. The maximum Gasteiger partial charge on any atom is 0.300 e. The van der Waals surface area contributed by atoms with Gasteiger partial charge in [-0.25, -0.2) is 4.98 Å². The lowest BCUT2D eigenvalue weighted by atomic mass is 10.1. The number of nitrogens with two attached hydrogens (primary N) is 1. The molecule has 1 aromatic carbocycles. The van der Waals surface area contributed by atoms with E-state index in [1.165, 1.54) is 0 Å². The van der Waals surface area contributed by atoms with Gasteiger partial charge in [0.25, 0.3) is 5.97 Å². The monoisotopic (exact) mass is 319 g/mol. The lowest BCUT2D eigenvalue weighted by Gasteiger charge is -2.07. The number of aliphatic carboxylic acids is 1. The van der Waals surface area contributed by atoms with Crippen LogP contribution in [0.1, 0.15) is 18.1 Å². The number of anilines is 3. The minimum Gasteiger partial charge on any atom is -0.481 e. The van der Waals surface area contributed by atoms with Gasteiger partial charge in [-0.1, -0.05) is 17.7 Å². The van der Waals surface area contributed by atoms with Crippen molar-refractivity contribution in [2.24, 2.45) is 4.99 Å². The highest BCUT2D eigenvalue weighted by Gasteiger charge is 2.14. The highest BCUT2D eigenvalue weighted by Crippen LogP contribution is 2.25. The highest BCUT2D eigenvalue weighted by molar-refractivity contribution is 6.70. The van der Waals surface area contributed by atoms with E-state index in [9.17, 15) is 0 Å². The van der Waals surface area contributed by atoms with E-state index in [0.29, 0.717) is 17.5 Å². The number of nitrogens with one attached hydrogen (secondary N) is 1. The number of fused-ring (bicyclic) bond motifs is 1. The van der Waals surface area contributed by atoms with Crippen molar-refractivity contribution in [1.82, 2.24) is 9.97 Å². The second-order valence-corrected chi connectivity index (χ2v) is 4.78. The van der Waals surface area contributed by atoms with E-state index in [2.05, 4.69) is 20.3 Å². The van der Waals surface area contributed by atoms with Crippen LogP contribution >= 0.6 is 11.6 Å². The highest BCUT2D eigenvalue weighted by atomic mass is 35.5. The van der Waals surface area contributed by atoms with E-state index in [1.54, 1.807) is 12.3 Å². The van der Waals surface area contributed by atoms with E-state index >= 15 is 0 Å². The maximum atomic E-state index is 9.00. The van der Waals surface area contributed by atoms with Crippen LogP contribution in [0.3, 0.4) is 0 Å². The Morgan fingerprint density at radius 3 is 2.82 bits per heavy atom. The number of nitrogens with zero attached hydrogens (tertiary/aromatic N) is 3. The zero-order chi connectivity index (χ0) is 16.1. The average Bonchev–Trinajstić information content (AvgIpc) is 2.80. The van der Waals surface area contributed by atoms with Crippen molar-refractivity contribution >= 4 is 40.2 Å². The second-order valence-electron chi connectivity index (χ2n) is 4.42. The van der Waals surface area contributed by atoms with Gasteiger partial charge in [0.15, 0.2) is 0 Å². The quantitative estimate of drug-likeness (QED) is 0.783. The number of aromatic nitrogens is 2. The summed E-state index contributed by atoms with van der Waals surface area (Å²) in [5.74, 6) is 0.0502. The second kappa shape index (κ2) is 6.86. The van der Waals surface area contributed by atoms with E-state index in [4.69, 9.17) is 27.2 Å². The molecule has 0 fully saturated rings. The third kappa shape index (κ3) is 4.16. The van der Waals surface area contributed by atoms with Crippen LogP contribution in [0.25, 0.3) is 0 Å². The van der Waals surface area contributed by atoms with Gasteiger partial charge in [-0.3, -0.25) is 9.79 Å². The Hall–Kier alpha value is -2.67. The summed E-state index contributed by atoms with van der Waals surface area (Å²) in [5.41, 5.74) is 8.51. The summed E-state index contributed by atoms with van der Waals surface area (Å²) in [6.45, 7) is 1.73. The van der Waals surface area contributed by atoms with Crippen LogP contribution in [0.15, 0.2) is 35.5 Å². The molecule has 0 aliphatic carbocycles. The molecular weight excluding hydrogens is 306 g/mol. The fourth-order valence-corrected chi connectivity index (χ4v) is 2.05. The first-order chi connectivity index (χ1) is 10.5. The van der Waals surface area contributed by atoms with E-state index in [1.807, 2.05) is 18.2 Å². The minimum atomic E-state index is -0.833. The van der Waals surface area contributed by atoms with Crippen LogP contribution < -0.4 is 11.1 Å². The summed E-state index contributed by atoms with van der Waals surface area (Å²) in [6.07, 6.45) is 1.60. The number of nitrogen functional groups attached to an aromatic ring is 1. The summed E-state index contributed by atoms with van der Waals surface area (Å²) < 4.78 is 0. The number of carboxylic acids is 1. The topological polar surface area (TPSA) is 113 Å². The molecule has 0 saturated carbocycles. The summed E-state index contributed by atoms with van der Waals surface area (Å²) >= 11 is 6.02. The fourth-order valence-electron chi connectivity index (χ4n) is 1.82. The molecular formula is C14H14ClN5O2. The molecule has 0 atom stereocenters. The molecule has 1 aliphatic rings. The van der Waals surface area contributed by atoms with Gasteiger partial charge >= 0.3 is 0 Å². The Bertz CT molecular complexity index is 729. The number of carbonyl (C=O) groups is 1. The van der Waals surface area contributed by atoms with Crippen molar-refractivity contribution in [3.63, 3.8) is 0 Å². The molecule has 3 rings (SSSR count). The maximum absolute atomic E-state index is 9.00. The molecule has 0 spiro atoms. The van der Waals surface area contributed by atoms with Gasteiger partial charge in [-0.15, -0.1) is 0 Å². The Labute approximate surface area is 131 Å². The number of rotatable bonds is 2. The van der Waals surface area contributed by atoms with Gasteiger partial charge < -0.3 is 16.2 Å². The Balaban J connectivity index is 0.000000396. The first-order valence-electron chi connectivity index (χ1n) is 6.34. The standard InChI is InChI=1S/C12H10ClN5.C2H4O2/c13-11-9-5-8(2-1-7(9)6-16-11)17-10-3-4-15-12(14)18-10;1-2(3)4/h1-5H,6H2,(H3,14,15,17,18);1H3,(H,3,4). The summed E-state index contributed by atoms with van der Waals surface area (Å²) in [6, 6.07) is 7.66. The molecule has 0 bridgehead atoms. The predicted octanol–water partition coefficient (Wildman–Crippen LogP) is 2.39. The number of hydrogen-bond donors (Lipinski definition) is 3. The van der Waals surface area contributed by atoms with Gasteiger partial charge in [-0.2, -0.15) is 4.98 Å². The van der Waals surface area contributed by atoms with Crippen molar-refractivity contribution in [3.05, 3.63) is 41.6 Å². The molecule has 0 saturated heterocycles. The van der Waals surface area contributed by atoms with E-state index in [0.717, 1.165) is 23.7 Å². The molecule has 1 aliphatic heterocycles. The molecule has 7 nitrogen and oxygen atoms in total. The third-order valence-corrected chi connectivity index (χ3v) is 2.99. The van der Waals surface area contributed by atoms with Crippen molar-refractivity contribution in [1.29, 1.82) is 0 Å². The summed E-state index contributed by atoms with van der Waals surface area (Å²) in [7, 11) is 0. The predicted molar refractivity (Wildman–Crippen MR) is 85.6 cm³/mol. The molecule has 0 radical (unpaired) electrons. The van der Waals surface area contributed by atoms with Crippen molar-refractivity contribution < 1.29 is 9.90 Å².